The van der Waals surface area contributed by atoms with Crippen molar-refractivity contribution in [1.29, 1.82) is 0 Å². The summed E-state index contributed by atoms with van der Waals surface area (Å²) < 4.78 is 73.1. The summed E-state index contributed by atoms with van der Waals surface area (Å²) in [6.07, 6.45) is -7.52. The van der Waals surface area contributed by atoms with Crippen LogP contribution in [0.5, 0.6) is 5.75 Å². The van der Waals surface area contributed by atoms with Crippen molar-refractivity contribution in [3.8, 4) is 5.75 Å². The quantitative estimate of drug-likeness (QED) is 0.868. The van der Waals surface area contributed by atoms with Gasteiger partial charge in [-0.15, -0.1) is 0 Å². The second-order valence-corrected chi connectivity index (χ2v) is 6.12. The number of hydrogen-bond acceptors (Lipinski definition) is 3. The molecule has 0 amide bonds. The number of hydrogen-bond donors (Lipinski definition) is 1. The van der Waals surface area contributed by atoms with Gasteiger partial charge in [0.25, 0.3) is 10.1 Å². The fourth-order valence-corrected chi connectivity index (χ4v) is 2.52. The predicted octanol–water partition coefficient (Wildman–Crippen LogP) is 2.81. The van der Waals surface area contributed by atoms with Crippen molar-refractivity contribution < 1.29 is 30.9 Å². The molecule has 114 valence electrons. The van der Waals surface area contributed by atoms with Crippen LogP contribution < -0.4 is 4.74 Å². The van der Waals surface area contributed by atoms with Gasteiger partial charge in [-0.05, 0) is 31.9 Å². The lowest BCUT2D eigenvalue weighted by atomic mass is 10.1. The third-order valence-electron chi connectivity index (χ3n) is 2.59. The van der Waals surface area contributed by atoms with Crippen LogP contribution in [-0.4, -0.2) is 31.0 Å². The molecule has 0 radical (unpaired) electrons. The number of halogens is 3. The van der Waals surface area contributed by atoms with E-state index in [1.807, 2.05) is 0 Å². The topological polar surface area (TPSA) is 63.6 Å². The first-order chi connectivity index (χ1) is 8.90. The first-order valence-electron chi connectivity index (χ1n) is 5.66. The van der Waals surface area contributed by atoms with Crippen LogP contribution in [0.4, 0.5) is 13.2 Å². The zero-order valence-electron chi connectivity index (χ0n) is 11.2. The van der Waals surface area contributed by atoms with E-state index in [9.17, 15) is 21.6 Å². The van der Waals surface area contributed by atoms with Gasteiger partial charge in [-0.25, -0.2) is 0 Å². The van der Waals surface area contributed by atoms with E-state index in [-0.39, 0.29) is 5.75 Å². The van der Waals surface area contributed by atoms with E-state index in [1.165, 1.54) is 0 Å². The molecule has 8 heteroatoms. The molecule has 0 aliphatic heterocycles. The third-order valence-corrected chi connectivity index (χ3v) is 3.32. The van der Waals surface area contributed by atoms with Crippen LogP contribution in [-0.2, 0) is 10.1 Å². The van der Waals surface area contributed by atoms with Gasteiger partial charge in [0.2, 0.25) is 6.10 Å². The predicted molar refractivity (Wildman–Crippen MR) is 67.5 cm³/mol. The van der Waals surface area contributed by atoms with E-state index in [4.69, 9.17) is 9.29 Å². The van der Waals surface area contributed by atoms with E-state index in [0.717, 1.165) is 5.56 Å². The standard InChI is InChI=1S/C12H15F3O4S/c1-7-4-8(2)11(9(3)5-7)19-10(12(13,14)15)6-20(16,17)18/h4-5,10H,6H2,1-3H3,(H,16,17,18). The molecule has 1 unspecified atom stereocenters. The molecule has 1 N–H and O–H groups in total. The van der Waals surface area contributed by atoms with E-state index < -0.39 is 28.2 Å². The van der Waals surface area contributed by atoms with E-state index in [2.05, 4.69) is 0 Å². The molecule has 0 fully saturated rings. The van der Waals surface area contributed by atoms with Crippen molar-refractivity contribution in [1.82, 2.24) is 0 Å². The molecular weight excluding hydrogens is 297 g/mol. The highest BCUT2D eigenvalue weighted by Gasteiger charge is 2.44. The van der Waals surface area contributed by atoms with Crippen LogP contribution in [0.15, 0.2) is 12.1 Å². The van der Waals surface area contributed by atoms with E-state index >= 15 is 0 Å². The Kier molecular flexibility index (Phi) is 4.70. The molecule has 1 aromatic carbocycles. The fourth-order valence-electron chi connectivity index (χ4n) is 1.88. The van der Waals surface area contributed by atoms with Gasteiger partial charge in [-0.1, -0.05) is 17.7 Å². The molecule has 0 spiro atoms. The van der Waals surface area contributed by atoms with Crippen LogP contribution in [0.25, 0.3) is 0 Å². The number of benzene rings is 1. The maximum absolute atomic E-state index is 12.8. The Balaban J connectivity index is 3.14. The summed E-state index contributed by atoms with van der Waals surface area (Å²) in [4.78, 5) is 0. The molecule has 1 rings (SSSR count). The molecule has 20 heavy (non-hydrogen) atoms. The molecule has 0 aliphatic carbocycles. The number of alkyl halides is 3. The summed E-state index contributed by atoms with van der Waals surface area (Å²) >= 11 is 0. The lowest BCUT2D eigenvalue weighted by Crippen LogP contribution is -2.40. The van der Waals surface area contributed by atoms with Crippen LogP contribution in [0.1, 0.15) is 16.7 Å². The van der Waals surface area contributed by atoms with Gasteiger partial charge in [0.05, 0.1) is 0 Å². The summed E-state index contributed by atoms with van der Waals surface area (Å²) in [6, 6.07) is 3.26. The Morgan fingerprint density at radius 1 is 1.20 bits per heavy atom. The molecule has 0 aliphatic rings. The Morgan fingerprint density at radius 2 is 1.65 bits per heavy atom. The van der Waals surface area contributed by atoms with Crippen molar-refractivity contribution in [2.24, 2.45) is 0 Å². The maximum atomic E-state index is 12.8. The lowest BCUT2D eigenvalue weighted by Gasteiger charge is -2.23. The van der Waals surface area contributed by atoms with Gasteiger partial charge >= 0.3 is 6.18 Å². The highest BCUT2D eigenvalue weighted by molar-refractivity contribution is 7.85. The summed E-state index contributed by atoms with van der Waals surface area (Å²) in [6.45, 7) is 4.91. The molecule has 0 saturated carbocycles. The molecule has 1 atom stereocenters. The van der Waals surface area contributed by atoms with Crippen molar-refractivity contribution in [2.75, 3.05) is 5.75 Å². The van der Waals surface area contributed by atoms with Crippen LogP contribution in [0, 0.1) is 20.8 Å². The normalized spacial score (nSPS) is 14.2. The summed E-state index contributed by atoms with van der Waals surface area (Å²) in [5, 5.41) is 0. The molecule has 0 saturated heterocycles. The van der Waals surface area contributed by atoms with Crippen molar-refractivity contribution >= 4 is 10.1 Å². The van der Waals surface area contributed by atoms with Crippen LogP contribution >= 0.6 is 0 Å². The van der Waals surface area contributed by atoms with Gasteiger partial charge < -0.3 is 4.74 Å². The van der Waals surface area contributed by atoms with Crippen LogP contribution in [0.2, 0.25) is 0 Å². The van der Waals surface area contributed by atoms with E-state index in [0.29, 0.717) is 11.1 Å². The lowest BCUT2D eigenvalue weighted by molar-refractivity contribution is -0.188. The Morgan fingerprint density at radius 3 is 2.00 bits per heavy atom. The molecular formula is C12H15F3O4S. The number of aryl methyl sites for hydroxylation is 3. The maximum Gasteiger partial charge on any atom is 0.426 e. The van der Waals surface area contributed by atoms with Gasteiger partial charge in [-0.2, -0.15) is 21.6 Å². The van der Waals surface area contributed by atoms with Crippen molar-refractivity contribution in [3.05, 3.63) is 28.8 Å². The fraction of sp³-hybridized carbons (Fsp3) is 0.500. The van der Waals surface area contributed by atoms with Crippen LogP contribution in [0.3, 0.4) is 0 Å². The second kappa shape index (κ2) is 5.61. The first-order valence-corrected chi connectivity index (χ1v) is 7.27. The average Bonchev–Trinajstić information content (AvgIpc) is 2.18. The molecule has 0 aromatic heterocycles. The minimum absolute atomic E-state index is 0.0263. The zero-order chi connectivity index (χ0) is 15.7. The molecule has 0 heterocycles. The minimum Gasteiger partial charge on any atom is -0.479 e. The Hall–Kier alpha value is -1.28. The summed E-state index contributed by atoms with van der Waals surface area (Å²) in [5.41, 5.74) is 1.78. The van der Waals surface area contributed by atoms with E-state index in [1.54, 1.807) is 32.9 Å². The second-order valence-electron chi connectivity index (χ2n) is 4.62. The molecule has 4 nitrogen and oxygen atoms in total. The SMILES string of the molecule is Cc1cc(C)c(OC(CS(=O)(=O)O)C(F)(F)F)c(C)c1. The molecule has 1 aromatic rings. The third kappa shape index (κ3) is 4.68. The minimum atomic E-state index is -4.90. The smallest absolute Gasteiger partial charge is 0.426 e. The van der Waals surface area contributed by atoms with Gasteiger partial charge in [0.1, 0.15) is 11.5 Å². The van der Waals surface area contributed by atoms with Crippen molar-refractivity contribution in [3.63, 3.8) is 0 Å². The Bertz CT molecular complexity index is 570. The number of ether oxygens (including phenoxy) is 1. The number of rotatable bonds is 4. The highest BCUT2D eigenvalue weighted by Crippen LogP contribution is 2.31. The summed E-state index contributed by atoms with van der Waals surface area (Å²) in [5.74, 6) is -1.56. The zero-order valence-corrected chi connectivity index (χ0v) is 12.0. The highest BCUT2D eigenvalue weighted by atomic mass is 32.2. The van der Waals surface area contributed by atoms with Gasteiger partial charge in [-0.3, -0.25) is 4.55 Å². The van der Waals surface area contributed by atoms with Gasteiger partial charge in [0, 0.05) is 0 Å². The summed E-state index contributed by atoms with van der Waals surface area (Å²) in [7, 11) is -4.81. The van der Waals surface area contributed by atoms with Gasteiger partial charge in [0.15, 0.2) is 0 Å². The largest absolute Gasteiger partial charge is 0.479 e. The molecule has 0 bridgehead atoms. The average molecular weight is 312 g/mol. The van der Waals surface area contributed by atoms with Crippen molar-refractivity contribution in [2.45, 2.75) is 33.1 Å². The first kappa shape index (κ1) is 16.8. The monoisotopic (exact) mass is 312 g/mol. The Labute approximate surface area is 115 Å².